The second-order valence-electron chi connectivity index (χ2n) is 2.59. The van der Waals surface area contributed by atoms with E-state index in [2.05, 4.69) is 0 Å². The third kappa shape index (κ3) is 1.06. The smallest absolute Gasteiger partial charge is 0.329 e. The summed E-state index contributed by atoms with van der Waals surface area (Å²) in [6.45, 7) is 0.478. The summed E-state index contributed by atoms with van der Waals surface area (Å²) in [5.74, 6) is -0.216. The van der Waals surface area contributed by atoms with E-state index in [-0.39, 0.29) is 12.0 Å². The molecule has 2 rings (SSSR count). The molecular weight excluding hydrogens is 176 g/mol. The zero-order chi connectivity index (χ0) is 8.55. The number of carbonyl (C=O) groups excluding carboxylic acids is 1. The number of cyclic esters (lactones) is 1. The number of aromatic nitrogens is 1. The first-order chi connectivity index (χ1) is 5.79. The van der Waals surface area contributed by atoms with Crippen molar-refractivity contribution in [1.29, 1.82) is 5.41 Å². The molecule has 0 aromatic carbocycles. The van der Waals surface area contributed by atoms with Gasteiger partial charge in [0.15, 0.2) is 4.80 Å². The highest BCUT2D eigenvalue weighted by Crippen LogP contribution is 2.18. The zero-order valence-electron chi connectivity index (χ0n) is 6.32. The summed E-state index contributed by atoms with van der Waals surface area (Å²) in [6, 6.07) is -0.260. The summed E-state index contributed by atoms with van der Waals surface area (Å²) < 4.78 is 6.46. The van der Waals surface area contributed by atoms with Gasteiger partial charge in [0, 0.05) is 18.0 Å². The van der Waals surface area contributed by atoms with Gasteiger partial charge in [0.2, 0.25) is 0 Å². The van der Waals surface area contributed by atoms with Gasteiger partial charge in [0.1, 0.15) is 6.04 Å². The van der Waals surface area contributed by atoms with Crippen molar-refractivity contribution in [2.24, 2.45) is 0 Å². The van der Waals surface area contributed by atoms with Crippen LogP contribution in [0.25, 0.3) is 0 Å². The van der Waals surface area contributed by atoms with Crippen LogP contribution in [0.5, 0.6) is 0 Å². The lowest BCUT2D eigenvalue weighted by Gasteiger charge is -2.05. The molecule has 4 nitrogen and oxygen atoms in total. The van der Waals surface area contributed by atoms with E-state index in [0.29, 0.717) is 17.8 Å². The van der Waals surface area contributed by atoms with Gasteiger partial charge in [-0.15, -0.1) is 11.3 Å². The molecule has 1 aliphatic heterocycles. The predicted molar refractivity (Wildman–Crippen MR) is 42.8 cm³/mol. The number of esters is 1. The fourth-order valence-electron chi connectivity index (χ4n) is 1.27. The molecule has 0 spiro atoms. The van der Waals surface area contributed by atoms with Crippen molar-refractivity contribution >= 4 is 17.3 Å². The molecule has 0 bridgehead atoms. The minimum absolute atomic E-state index is 0.216. The number of nitrogens with one attached hydrogen (secondary N) is 1. The Balaban J connectivity index is 2.36. The first-order valence-corrected chi connectivity index (χ1v) is 4.54. The number of thiazole rings is 1. The lowest BCUT2D eigenvalue weighted by atomic mass is 10.2. The average Bonchev–Trinajstić information content (AvgIpc) is 2.59. The van der Waals surface area contributed by atoms with E-state index < -0.39 is 0 Å². The minimum Gasteiger partial charge on any atom is -0.464 e. The van der Waals surface area contributed by atoms with Crippen LogP contribution < -0.4 is 4.80 Å². The molecule has 0 amide bonds. The maximum absolute atomic E-state index is 11.1. The van der Waals surface area contributed by atoms with Crippen LogP contribution in [0.15, 0.2) is 11.6 Å². The Morgan fingerprint density at radius 1 is 1.75 bits per heavy atom. The number of nitrogens with zero attached hydrogens (tertiary/aromatic N) is 1. The third-order valence-electron chi connectivity index (χ3n) is 1.88. The predicted octanol–water partition coefficient (Wildman–Crippen LogP) is 0.517. The lowest BCUT2D eigenvalue weighted by molar-refractivity contribution is -0.140. The first kappa shape index (κ1) is 7.54. The molecule has 1 aliphatic rings. The highest BCUT2D eigenvalue weighted by molar-refractivity contribution is 7.06. The summed E-state index contributed by atoms with van der Waals surface area (Å²) in [7, 11) is 0. The Morgan fingerprint density at radius 3 is 3.08 bits per heavy atom. The average molecular weight is 184 g/mol. The highest BCUT2D eigenvalue weighted by Gasteiger charge is 2.28. The van der Waals surface area contributed by atoms with Crippen LogP contribution in [0, 0.1) is 5.41 Å². The molecule has 1 aromatic rings. The van der Waals surface area contributed by atoms with Gasteiger partial charge >= 0.3 is 5.97 Å². The largest absolute Gasteiger partial charge is 0.464 e. The molecule has 2 heterocycles. The number of ether oxygens (including phenoxy) is 1. The van der Waals surface area contributed by atoms with E-state index in [9.17, 15) is 4.79 Å². The molecule has 0 radical (unpaired) electrons. The van der Waals surface area contributed by atoms with Crippen LogP contribution >= 0.6 is 11.3 Å². The van der Waals surface area contributed by atoms with Crippen molar-refractivity contribution in [2.75, 3.05) is 6.61 Å². The van der Waals surface area contributed by atoms with E-state index in [1.807, 2.05) is 0 Å². The van der Waals surface area contributed by atoms with E-state index in [0.717, 1.165) is 0 Å². The van der Waals surface area contributed by atoms with Crippen LogP contribution in [0.1, 0.15) is 12.5 Å². The summed E-state index contributed by atoms with van der Waals surface area (Å²) in [4.78, 5) is 11.5. The molecule has 12 heavy (non-hydrogen) atoms. The van der Waals surface area contributed by atoms with Crippen LogP contribution in [0.3, 0.4) is 0 Å². The standard InChI is InChI=1S/C7H8N2O2S/c8-7-9(2-4-12-7)5-1-3-11-6(5)10/h2,4-5,8H,1,3H2. The third-order valence-corrected chi connectivity index (χ3v) is 2.57. The van der Waals surface area contributed by atoms with E-state index in [4.69, 9.17) is 10.1 Å². The second kappa shape index (κ2) is 2.75. The number of carbonyl (C=O) groups is 1. The maximum Gasteiger partial charge on any atom is 0.329 e. The van der Waals surface area contributed by atoms with Crippen molar-refractivity contribution < 1.29 is 9.53 Å². The van der Waals surface area contributed by atoms with Crippen LogP contribution in [-0.2, 0) is 9.53 Å². The zero-order valence-corrected chi connectivity index (χ0v) is 7.13. The summed E-state index contributed by atoms with van der Waals surface area (Å²) in [5, 5.41) is 9.28. The fraction of sp³-hybridized carbons (Fsp3) is 0.429. The van der Waals surface area contributed by atoms with Crippen LogP contribution in [0.4, 0.5) is 0 Å². The fourth-order valence-corrected chi connectivity index (χ4v) is 1.90. The number of rotatable bonds is 1. The Morgan fingerprint density at radius 2 is 2.58 bits per heavy atom. The van der Waals surface area contributed by atoms with Gasteiger partial charge in [0.05, 0.1) is 6.61 Å². The van der Waals surface area contributed by atoms with Gasteiger partial charge in [-0.1, -0.05) is 0 Å². The molecule has 1 N–H and O–H groups in total. The van der Waals surface area contributed by atoms with Gasteiger partial charge in [0.25, 0.3) is 0 Å². The van der Waals surface area contributed by atoms with Gasteiger partial charge in [-0.3, -0.25) is 5.41 Å². The Hall–Kier alpha value is -1.10. The molecule has 1 saturated heterocycles. The molecule has 1 aromatic heterocycles. The maximum atomic E-state index is 11.1. The Bertz CT molecular complexity index is 354. The van der Waals surface area contributed by atoms with Gasteiger partial charge in [-0.25, -0.2) is 4.79 Å². The molecule has 0 aliphatic carbocycles. The number of hydrogen-bond acceptors (Lipinski definition) is 4. The van der Waals surface area contributed by atoms with Crippen molar-refractivity contribution in [3.8, 4) is 0 Å². The summed E-state index contributed by atoms with van der Waals surface area (Å²) in [5.41, 5.74) is 0. The summed E-state index contributed by atoms with van der Waals surface area (Å²) >= 11 is 1.32. The quantitative estimate of drug-likeness (QED) is 0.647. The van der Waals surface area contributed by atoms with Crippen LogP contribution in [-0.4, -0.2) is 17.1 Å². The highest BCUT2D eigenvalue weighted by atomic mass is 32.1. The van der Waals surface area contributed by atoms with Crippen LogP contribution in [0.2, 0.25) is 0 Å². The molecule has 1 fully saturated rings. The number of hydrogen-bond donors (Lipinski definition) is 1. The first-order valence-electron chi connectivity index (χ1n) is 3.66. The molecule has 1 atom stereocenters. The minimum atomic E-state index is -0.260. The Kier molecular flexibility index (Phi) is 1.73. The lowest BCUT2D eigenvalue weighted by Crippen LogP contribution is -2.22. The Labute approximate surface area is 72.9 Å². The second-order valence-corrected chi connectivity index (χ2v) is 3.48. The van der Waals surface area contributed by atoms with Gasteiger partial charge in [-0.2, -0.15) is 0 Å². The van der Waals surface area contributed by atoms with E-state index in [1.54, 1.807) is 16.1 Å². The van der Waals surface area contributed by atoms with Crippen molar-refractivity contribution in [3.05, 3.63) is 16.4 Å². The van der Waals surface area contributed by atoms with Gasteiger partial charge < -0.3 is 9.30 Å². The summed E-state index contributed by atoms with van der Waals surface area (Å²) in [6.07, 6.45) is 2.44. The monoisotopic (exact) mass is 184 g/mol. The molecule has 5 heteroatoms. The van der Waals surface area contributed by atoms with E-state index >= 15 is 0 Å². The van der Waals surface area contributed by atoms with Crippen molar-refractivity contribution in [2.45, 2.75) is 12.5 Å². The SMILES string of the molecule is N=c1sccn1C1CCOC1=O. The van der Waals surface area contributed by atoms with Crippen molar-refractivity contribution in [3.63, 3.8) is 0 Å². The molecule has 1 unspecified atom stereocenters. The van der Waals surface area contributed by atoms with Gasteiger partial charge in [-0.05, 0) is 0 Å². The topological polar surface area (TPSA) is 55.1 Å². The molecular formula is C7H8N2O2S. The van der Waals surface area contributed by atoms with E-state index in [1.165, 1.54) is 11.3 Å². The molecule has 64 valence electrons. The normalized spacial score (nSPS) is 22.7. The molecule has 0 saturated carbocycles. The van der Waals surface area contributed by atoms with Crippen molar-refractivity contribution in [1.82, 2.24) is 4.57 Å².